The fourth-order valence-electron chi connectivity index (χ4n) is 8.31. The minimum Gasteiger partial charge on any atom is -0.456 e. The molecule has 4 aliphatic carbocycles. The number of nitrogens with zero attached hydrogens (tertiary/aromatic N) is 1. The fraction of sp³-hybridized carbons (Fsp3) is 0.379. The Morgan fingerprint density at radius 1 is 0.742 bits per heavy atom. The lowest BCUT2D eigenvalue weighted by molar-refractivity contribution is -0.00485. The zero-order valence-electron chi connectivity index (χ0n) is 18.0. The summed E-state index contributed by atoms with van der Waals surface area (Å²) in [4.78, 5) is 0. The summed E-state index contributed by atoms with van der Waals surface area (Å²) in [5.41, 5.74) is 6.64. The predicted octanol–water partition coefficient (Wildman–Crippen LogP) is 7.70. The van der Waals surface area contributed by atoms with Gasteiger partial charge in [-0.3, -0.25) is 0 Å². The average molecular weight is 406 g/mol. The molecule has 31 heavy (non-hydrogen) atoms. The van der Waals surface area contributed by atoms with Crippen LogP contribution in [0.25, 0.3) is 43.7 Å². The molecule has 154 valence electrons. The maximum atomic E-state index is 6.73. The number of hydrogen-bond acceptors (Lipinski definition) is 1. The van der Waals surface area contributed by atoms with E-state index in [0.29, 0.717) is 5.41 Å². The summed E-state index contributed by atoms with van der Waals surface area (Å²) in [5, 5.41) is 5.17. The molecule has 4 aliphatic rings. The largest absolute Gasteiger partial charge is 0.456 e. The number of benzene rings is 3. The Kier molecular flexibility index (Phi) is 3.02. The lowest BCUT2D eigenvalue weighted by Crippen LogP contribution is -2.48. The Labute approximate surface area is 181 Å². The van der Waals surface area contributed by atoms with E-state index in [9.17, 15) is 0 Å². The van der Waals surface area contributed by atoms with Crippen molar-refractivity contribution in [1.29, 1.82) is 0 Å². The molecular formula is C29H27NO. The van der Waals surface area contributed by atoms with Gasteiger partial charge in [0.05, 0.1) is 0 Å². The number of rotatable bonds is 1. The summed E-state index contributed by atoms with van der Waals surface area (Å²) in [6.45, 7) is 0. The first-order valence-electron chi connectivity index (χ1n) is 12.0. The third-order valence-electron chi connectivity index (χ3n) is 9.14. The summed E-state index contributed by atoms with van der Waals surface area (Å²) in [6, 6.07) is 20.3. The van der Waals surface area contributed by atoms with Gasteiger partial charge in [0.15, 0.2) is 0 Å². The zero-order chi connectivity index (χ0) is 20.3. The highest BCUT2D eigenvalue weighted by Gasteiger charge is 2.52. The second kappa shape index (κ2) is 5.54. The van der Waals surface area contributed by atoms with E-state index >= 15 is 0 Å². The summed E-state index contributed by atoms with van der Waals surface area (Å²) in [6.07, 6.45) is 8.57. The first-order valence-corrected chi connectivity index (χ1v) is 12.0. The molecule has 0 aliphatic heterocycles. The lowest BCUT2D eigenvalue weighted by atomic mass is 9.48. The van der Waals surface area contributed by atoms with Gasteiger partial charge in [-0.25, -0.2) is 0 Å². The van der Waals surface area contributed by atoms with Crippen molar-refractivity contribution in [3.8, 4) is 0 Å². The van der Waals surface area contributed by atoms with Crippen LogP contribution < -0.4 is 0 Å². The lowest BCUT2D eigenvalue weighted by Gasteiger charge is -2.57. The fourth-order valence-corrected chi connectivity index (χ4v) is 8.31. The average Bonchev–Trinajstić information content (AvgIpc) is 3.27. The van der Waals surface area contributed by atoms with Crippen molar-refractivity contribution in [1.82, 2.24) is 4.57 Å². The Bertz CT molecular complexity index is 1500. The second-order valence-corrected chi connectivity index (χ2v) is 10.9. The van der Waals surface area contributed by atoms with Crippen LogP contribution in [0.5, 0.6) is 0 Å². The molecule has 0 amide bonds. The first kappa shape index (κ1) is 16.9. The molecule has 4 bridgehead atoms. The highest BCUT2D eigenvalue weighted by molar-refractivity contribution is 6.16. The molecule has 2 heterocycles. The molecule has 2 heteroatoms. The summed E-state index contributed by atoms with van der Waals surface area (Å²) in [5.74, 6) is 2.83. The van der Waals surface area contributed by atoms with Crippen LogP contribution in [0.15, 0.2) is 59.0 Å². The van der Waals surface area contributed by atoms with Gasteiger partial charge in [-0.05, 0) is 79.9 Å². The van der Waals surface area contributed by atoms with Gasteiger partial charge in [0.2, 0.25) is 0 Å². The van der Waals surface area contributed by atoms with Gasteiger partial charge in [-0.1, -0.05) is 36.4 Å². The molecular weight excluding hydrogens is 378 g/mol. The molecule has 4 fully saturated rings. The van der Waals surface area contributed by atoms with Crippen molar-refractivity contribution < 1.29 is 4.42 Å². The van der Waals surface area contributed by atoms with Gasteiger partial charge in [-0.2, -0.15) is 0 Å². The van der Waals surface area contributed by atoms with E-state index in [-0.39, 0.29) is 0 Å². The molecule has 0 radical (unpaired) electrons. The van der Waals surface area contributed by atoms with Crippen molar-refractivity contribution >= 4 is 43.7 Å². The number of aromatic nitrogens is 1. The van der Waals surface area contributed by atoms with Crippen molar-refractivity contribution in [2.75, 3.05) is 0 Å². The van der Waals surface area contributed by atoms with E-state index in [4.69, 9.17) is 4.42 Å². The Morgan fingerprint density at radius 3 is 2.23 bits per heavy atom. The Morgan fingerprint density at radius 2 is 1.45 bits per heavy atom. The highest BCUT2D eigenvalue weighted by Crippen LogP contribution is 2.61. The molecule has 0 unspecified atom stereocenters. The minimum atomic E-state index is 0.355. The van der Waals surface area contributed by atoms with Crippen molar-refractivity contribution in [3.63, 3.8) is 0 Å². The van der Waals surface area contributed by atoms with Gasteiger partial charge in [0, 0.05) is 45.2 Å². The third-order valence-corrected chi connectivity index (χ3v) is 9.14. The maximum Gasteiger partial charge on any atom is 0.139 e. The first-order chi connectivity index (χ1) is 15.2. The van der Waals surface area contributed by atoms with E-state index in [1.54, 1.807) is 0 Å². The van der Waals surface area contributed by atoms with E-state index in [0.717, 1.165) is 23.3 Å². The van der Waals surface area contributed by atoms with Gasteiger partial charge in [0.25, 0.3) is 0 Å². The van der Waals surface area contributed by atoms with Crippen molar-refractivity contribution in [2.24, 2.45) is 24.8 Å². The van der Waals surface area contributed by atoms with Gasteiger partial charge in [0.1, 0.15) is 11.2 Å². The zero-order valence-corrected chi connectivity index (χ0v) is 18.0. The monoisotopic (exact) mass is 405 g/mol. The van der Waals surface area contributed by atoms with E-state index in [1.807, 2.05) is 0 Å². The third kappa shape index (κ3) is 2.09. The van der Waals surface area contributed by atoms with E-state index < -0.39 is 0 Å². The van der Waals surface area contributed by atoms with Crippen LogP contribution in [0.4, 0.5) is 0 Å². The Balaban J connectivity index is 1.41. The van der Waals surface area contributed by atoms with E-state index in [1.165, 1.54) is 82.2 Å². The van der Waals surface area contributed by atoms with Crippen molar-refractivity contribution in [2.45, 2.75) is 43.9 Å². The molecule has 2 aromatic heterocycles. The van der Waals surface area contributed by atoms with Crippen LogP contribution in [0, 0.1) is 17.8 Å². The quantitative estimate of drug-likeness (QED) is 0.279. The summed E-state index contributed by atoms with van der Waals surface area (Å²) in [7, 11) is 2.18. The molecule has 3 aromatic carbocycles. The minimum absolute atomic E-state index is 0.355. The summed E-state index contributed by atoms with van der Waals surface area (Å²) < 4.78 is 9.06. The standard InChI is InChI=1S/C29H27NO/c1-30-25-8-3-2-5-20(25)22-13-27-23(12-26(22)30)21-6-4-7-24(28(21)31-27)29-14-17-9-18(15-29)11-19(10-17)16-29/h2-8,12-13,17-19H,9-11,14-16H2,1H3. The van der Waals surface area contributed by atoms with Crippen LogP contribution in [-0.4, -0.2) is 4.57 Å². The topological polar surface area (TPSA) is 18.1 Å². The molecule has 9 rings (SSSR count). The number of hydrogen-bond donors (Lipinski definition) is 0. The summed E-state index contributed by atoms with van der Waals surface area (Å²) >= 11 is 0. The molecule has 2 nitrogen and oxygen atoms in total. The van der Waals surface area contributed by atoms with Crippen LogP contribution in [0.1, 0.15) is 44.1 Å². The molecule has 0 saturated heterocycles. The predicted molar refractivity (Wildman–Crippen MR) is 128 cm³/mol. The smallest absolute Gasteiger partial charge is 0.139 e. The number of fused-ring (bicyclic) bond motifs is 6. The molecule has 0 spiro atoms. The van der Waals surface area contributed by atoms with E-state index in [2.05, 4.69) is 66.2 Å². The molecule has 4 saturated carbocycles. The van der Waals surface area contributed by atoms with Crippen LogP contribution in [0.3, 0.4) is 0 Å². The highest BCUT2D eigenvalue weighted by atomic mass is 16.3. The van der Waals surface area contributed by atoms with Gasteiger partial charge in [-0.15, -0.1) is 0 Å². The second-order valence-electron chi connectivity index (χ2n) is 10.9. The van der Waals surface area contributed by atoms with Gasteiger partial charge < -0.3 is 8.98 Å². The van der Waals surface area contributed by atoms with Crippen LogP contribution >= 0.6 is 0 Å². The Hall–Kier alpha value is -2.74. The van der Waals surface area contributed by atoms with Gasteiger partial charge >= 0.3 is 0 Å². The van der Waals surface area contributed by atoms with Crippen LogP contribution in [-0.2, 0) is 12.5 Å². The van der Waals surface area contributed by atoms with Crippen LogP contribution in [0.2, 0.25) is 0 Å². The molecule has 0 atom stereocenters. The SMILES string of the molecule is Cn1c2ccccc2c2cc3oc4c(C56CC7CC(CC(C7)C5)C6)cccc4c3cc21. The van der Waals surface area contributed by atoms with Crippen molar-refractivity contribution in [3.05, 3.63) is 60.2 Å². The molecule has 0 N–H and O–H groups in total. The maximum absolute atomic E-state index is 6.73. The number of para-hydroxylation sites is 2. The number of furan rings is 1. The number of aryl methyl sites for hydroxylation is 1. The molecule has 5 aromatic rings. The normalized spacial score (nSPS) is 29.8.